The third kappa shape index (κ3) is 3.47. The molecule has 0 saturated carbocycles. The van der Waals surface area contributed by atoms with Crippen molar-refractivity contribution in [3.05, 3.63) is 121 Å². The van der Waals surface area contributed by atoms with E-state index in [4.69, 9.17) is 9.97 Å². The van der Waals surface area contributed by atoms with E-state index in [1.807, 2.05) is 70.3 Å². The highest BCUT2D eigenvalue weighted by Gasteiger charge is 2.15. The molecule has 7 rings (SSSR count). The lowest BCUT2D eigenvalue weighted by Gasteiger charge is -2.12. The molecule has 36 heavy (non-hydrogen) atoms. The minimum Gasteiger partial charge on any atom is -0.304 e. The largest absolute Gasteiger partial charge is 0.304 e. The smallest absolute Gasteiger partial charge is 0.232 e. The summed E-state index contributed by atoms with van der Waals surface area (Å²) >= 11 is 0. The first-order valence-corrected chi connectivity index (χ1v) is 11.8. The molecule has 174 valence electrons. The molecule has 0 fully saturated rings. The van der Waals surface area contributed by atoms with Gasteiger partial charge in [-0.25, -0.2) is 19.3 Å². The Balaban J connectivity index is 1.22. The zero-order chi connectivity index (χ0) is 23.9. The number of benzene rings is 3. The van der Waals surface area contributed by atoms with Gasteiger partial charge in [0.05, 0.1) is 35.2 Å². The van der Waals surface area contributed by atoms with Crippen LogP contribution in [-0.2, 0) is 13.1 Å². The quantitative estimate of drug-likeness (QED) is 0.348. The van der Waals surface area contributed by atoms with Crippen LogP contribution in [0.15, 0.2) is 110 Å². The van der Waals surface area contributed by atoms with Gasteiger partial charge in [0.15, 0.2) is 0 Å². The second kappa shape index (κ2) is 8.35. The number of aromatic nitrogens is 8. The number of imidazole rings is 2. The molecule has 4 heterocycles. The summed E-state index contributed by atoms with van der Waals surface area (Å²) in [6, 6.07) is 29.0. The lowest BCUT2D eigenvalue weighted by atomic mass is 10.1. The predicted molar refractivity (Wildman–Crippen MR) is 138 cm³/mol. The van der Waals surface area contributed by atoms with Gasteiger partial charge in [0.25, 0.3) is 0 Å². The summed E-state index contributed by atoms with van der Waals surface area (Å²) < 4.78 is 8.04. The van der Waals surface area contributed by atoms with E-state index < -0.39 is 0 Å². The van der Waals surface area contributed by atoms with Gasteiger partial charge in [-0.1, -0.05) is 48.5 Å². The zero-order valence-electron chi connectivity index (χ0n) is 19.4. The van der Waals surface area contributed by atoms with Gasteiger partial charge < -0.3 is 9.13 Å². The lowest BCUT2D eigenvalue weighted by Crippen LogP contribution is -2.10. The molecule has 0 radical (unpaired) electrons. The fraction of sp³-hybridized carbons (Fsp3) is 0.0714. The Labute approximate surface area is 206 Å². The first-order chi connectivity index (χ1) is 17.8. The molecule has 0 atom stereocenters. The van der Waals surface area contributed by atoms with E-state index in [2.05, 4.69) is 55.7 Å². The second-order valence-corrected chi connectivity index (χ2v) is 8.69. The number of hydrogen-bond acceptors (Lipinski definition) is 4. The SMILES string of the molecule is c1ccc2c(c1)nc(-n1cccn1)n2Cc1ccc(Cn2c(-n3cccn3)nc3ccccc32)cc1. The summed E-state index contributed by atoms with van der Waals surface area (Å²) in [4.78, 5) is 9.65. The van der Waals surface area contributed by atoms with Crippen molar-refractivity contribution >= 4 is 22.1 Å². The van der Waals surface area contributed by atoms with Gasteiger partial charge >= 0.3 is 0 Å². The molecule has 8 nitrogen and oxygen atoms in total. The standard InChI is InChI=1S/C28H22N8/c1-3-9-25-23(7-1)31-27(35-17-5-15-29-35)33(25)19-21-11-13-22(14-12-21)20-34-26-10-4-2-8-24(26)32-28(34)36-18-6-16-30-36/h1-18H,19-20H2. The third-order valence-corrected chi connectivity index (χ3v) is 6.39. The fourth-order valence-electron chi connectivity index (χ4n) is 4.68. The Morgan fingerprint density at radius 3 is 1.36 bits per heavy atom. The molecule has 0 amide bonds. The Kier molecular flexibility index (Phi) is 4.73. The van der Waals surface area contributed by atoms with Crippen LogP contribution in [-0.4, -0.2) is 38.7 Å². The topological polar surface area (TPSA) is 71.3 Å². The van der Waals surface area contributed by atoms with Gasteiger partial charge in [0.2, 0.25) is 11.9 Å². The molecule has 0 aliphatic heterocycles. The van der Waals surface area contributed by atoms with Crippen LogP contribution in [0.5, 0.6) is 0 Å². The van der Waals surface area contributed by atoms with E-state index in [0.717, 1.165) is 34.0 Å². The first kappa shape index (κ1) is 20.4. The molecule has 0 unspecified atom stereocenters. The summed E-state index contributed by atoms with van der Waals surface area (Å²) in [6.07, 6.45) is 7.40. The molecule has 7 aromatic rings. The van der Waals surface area contributed by atoms with Crippen LogP contribution < -0.4 is 0 Å². The second-order valence-electron chi connectivity index (χ2n) is 8.69. The van der Waals surface area contributed by atoms with Crippen LogP contribution in [0.1, 0.15) is 11.1 Å². The zero-order valence-corrected chi connectivity index (χ0v) is 19.4. The maximum Gasteiger partial charge on any atom is 0.232 e. The number of hydrogen-bond donors (Lipinski definition) is 0. The third-order valence-electron chi connectivity index (χ3n) is 6.39. The van der Waals surface area contributed by atoms with Crippen molar-refractivity contribution in [2.24, 2.45) is 0 Å². The molecular formula is C28H22N8. The van der Waals surface area contributed by atoms with E-state index in [1.54, 1.807) is 12.4 Å². The summed E-state index contributed by atoms with van der Waals surface area (Å²) in [5, 5.41) is 8.82. The monoisotopic (exact) mass is 470 g/mol. The number of nitrogens with zero attached hydrogens (tertiary/aromatic N) is 8. The van der Waals surface area contributed by atoms with Gasteiger partial charge in [0.1, 0.15) is 0 Å². The van der Waals surface area contributed by atoms with Gasteiger partial charge in [0, 0.05) is 24.8 Å². The van der Waals surface area contributed by atoms with Gasteiger partial charge in [-0.2, -0.15) is 10.2 Å². The molecule has 0 N–H and O–H groups in total. The molecule has 0 spiro atoms. The van der Waals surface area contributed by atoms with Gasteiger partial charge in [-0.15, -0.1) is 0 Å². The molecule has 0 bridgehead atoms. The average Bonchev–Trinajstić information content (AvgIpc) is 3.72. The van der Waals surface area contributed by atoms with Crippen molar-refractivity contribution in [1.29, 1.82) is 0 Å². The minimum atomic E-state index is 0.697. The van der Waals surface area contributed by atoms with Crippen LogP contribution in [0.3, 0.4) is 0 Å². The maximum atomic E-state index is 4.83. The van der Waals surface area contributed by atoms with E-state index in [1.165, 1.54) is 11.1 Å². The van der Waals surface area contributed by atoms with Gasteiger partial charge in [-0.05, 0) is 47.5 Å². The van der Waals surface area contributed by atoms with Crippen molar-refractivity contribution in [3.8, 4) is 11.9 Å². The summed E-state index contributed by atoms with van der Waals surface area (Å²) in [6.45, 7) is 1.39. The highest BCUT2D eigenvalue weighted by Crippen LogP contribution is 2.23. The van der Waals surface area contributed by atoms with Crippen molar-refractivity contribution in [1.82, 2.24) is 38.7 Å². The van der Waals surface area contributed by atoms with E-state index in [9.17, 15) is 0 Å². The van der Waals surface area contributed by atoms with Crippen LogP contribution in [0.4, 0.5) is 0 Å². The average molecular weight is 471 g/mol. The Bertz CT molecular complexity index is 1640. The molecular weight excluding hydrogens is 448 g/mol. The highest BCUT2D eigenvalue weighted by atomic mass is 15.4. The summed E-state index contributed by atoms with van der Waals surface area (Å²) in [7, 11) is 0. The van der Waals surface area contributed by atoms with Crippen LogP contribution in [0, 0.1) is 0 Å². The molecule has 0 saturated heterocycles. The normalized spacial score (nSPS) is 11.6. The lowest BCUT2D eigenvalue weighted by molar-refractivity contribution is 0.714. The van der Waals surface area contributed by atoms with Crippen molar-refractivity contribution in [2.75, 3.05) is 0 Å². The Morgan fingerprint density at radius 1 is 0.500 bits per heavy atom. The van der Waals surface area contributed by atoms with Crippen LogP contribution in [0.2, 0.25) is 0 Å². The summed E-state index contributed by atoms with van der Waals surface area (Å²) in [5.74, 6) is 1.61. The van der Waals surface area contributed by atoms with Crippen LogP contribution in [0.25, 0.3) is 34.0 Å². The van der Waals surface area contributed by atoms with Gasteiger partial charge in [-0.3, -0.25) is 0 Å². The maximum absolute atomic E-state index is 4.83. The highest BCUT2D eigenvalue weighted by molar-refractivity contribution is 5.78. The molecule has 0 aliphatic rings. The Hall–Kier alpha value is -4.98. The molecule has 3 aromatic carbocycles. The number of fused-ring (bicyclic) bond motifs is 2. The van der Waals surface area contributed by atoms with Crippen molar-refractivity contribution in [2.45, 2.75) is 13.1 Å². The fourth-order valence-corrected chi connectivity index (χ4v) is 4.68. The Morgan fingerprint density at radius 2 is 0.944 bits per heavy atom. The number of para-hydroxylation sites is 4. The molecule has 8 heteroatoms. The van der Waals surface area contributed by atoms with E-state index in [0.29, 0.717) is 13.1 Å². The van der Waals surface area contributed by atoms with E-state index >= 15 is 0 Å². The van der Waals surface area contributed by atoms with Crippen molar-refractivity contribution < 1.29 is 0 Å². The summed E-state index contributed by atoms with van der Waals surface area (Å²) in [5.41, 5.74) is 6.47. The van der Waals surface area contributed by atoms with Crippen molar-refractivity contribution in [3.63, 3.8) is 0 Å². The first-order valence-electron chi connectivity index (χ1n) is 11.8. The minimum absolute atomic E-state index is 0.697. The van der Waals surface area contributed by atoms with E-state index in [-0.39, 0.29) is 0 Å². The molecule has 0 aliphatic carbocycles. The van der Waals surface area contributed by atoms with Crippen LogP contribution >= 0.6 is 0 Å². The number of rotatable bonds is 6. The molecule has 4 aromatic heterocycles. The predicted octanol–water partition coefficient (Wildman–Crippen LogP) is 4.85.